The maximum absolute atomic E-state index is 13.1. The SMILES string of the molecule is CCOC(=O)Cn1c(=NC(=O)CCCS(=O)(=O)c2ccc(F)cc2)sc2cc(OC)c(OC)cc21. The maximum Gasteiger partial charge on any atom is 0.326 e. The Labute approximate surface area is 205 Å². The molecule has 0 bridgehead atoms. The van der Waals surface area contributed by atoms with Crippen LogP contribution < -0.4 is 14.3 Å². The molecule has 0 N–H and O–H groups in total. The van der Waals surface area contributed by atoms with Gasteiger partial charge in [0.15, 0.2) is 26.1 Å². The van der Waals surface area contributed by atoms with Crippen LogP contribution in [-0.2, 0) is 30.7 Å². The van der Waals surface area contributed by atoms with E-state index < -0.39 is 27.5 Å². The molecule has 0 aliphatic heterocycles. The zero-order valence-electron chi connectivity index (χ0n) is 19.4. The molecule has 0 spiro atoms. The predicted molar refractivity (Wildman–Crippen MR) is 128 cm³/mol. The van der Waals surface area contributed by atoms with Gasteiger partial charge in [-0.25, -0.2) is 12.8 Å². The van der Waals surface area contributed by atoms with E-state index in [2.05, 4.69) is 4.99 Å². The number of nitrogens with zero attached hydrogens (tertiary/aromatic N) is 2. The number of sulfone groups is 1. The lowest BCUT2D eigenvalue weighted by Gasteiger charge is -2.09. The zero-order chi connectivity index (χ0) is 25.6. The van der Waals surface area contributed by atoms with Crippen molar-refractivity contribution in [2.75, 3.05) is 26.6 Å². The fourth-order valence-corrected chi connectivity index (χ4v) is 5.67. The molecular weight excluding hydrogens is 499 g/mol. The van der Waals surface area contributed by atoms with Gasteiger partial charge in [-0.05, 0) is 37.6 Å². The second kappa shape index (κ2) is 11.5. The molecule has 1 aromatic heterocycles. The van der Waals surface area contributed by atoms with Gasteiger partial charge in [0.1, 0.15) is 12.4 Å². The van der Waals surface area contributed by atoms with Crippen molar-refractivity contribution in [1.82, 2.24) is 4.57 Å². The van der Waals surface area contributed by atoms with Crippen LogP contribution >= 0.6 is 11.3 Å². The lowest BCUT2D eigenvalue weighted by molar-refractivity contribution is -0.143. The molecule has 0 fully saturated rings. The van der Waals surface area contributed by atoms with Crippen LogP contribution in [-0.4, -0.2) is 51.4 Å². The number of esters is 1. The van der Waals surface area contributed by atoms with Gasteiger partial charge in [-0.15, -0.1) is 0 Å². The smallest absolute Gasteiger partial charge is 0.326 e. The topological polar surface area (TPSA) is 113 Å². The van der Waals surface area contributed by atoms with Gasteiger partial charge in [0, 0.05) is 18.6 Å². The van der Waals surface area contributed by atoms with Crippen LogP contribution in [0.5, 0.6) is 11.5 Å². The highest BCUT2D eigenvalue weighted by molar-refractivity contribution is 7.91. The number of rotatable bonds is 10. The number of carbonyl (C=O) groups is 2. The molecule has 1 heterocycles. The number of benzene rings is 2. The fourth-order valence-electron chi connectivity index (χ4n) is 3.31. The highest BCUT2D eigenvalue weighted by Crippen LogP contribution is 2.33. The molecular formula is C23H25FN2O7S2. The van der Waals surface area contributed by atoms with Gasteiger partial charge in [0.05, 0.1) is 41.7 Å². The first kappa shape index (κ1) is 26.4. The van der Waals surface area contributed by atoms with E-state index >= 15 is 0 Å². The van der Waals surface area contributed by atoms with Crippen molar-refractivity contribution in [3.8, 4) is 11.5 Å². The van der Waals surface area contributed by atoms with Crippen molar-refractivity contribution < 1.29 is 36.6 Å². The van der Waals surface area contributed by atoms with Gasteiger partial charge in [-0.3, -0.25) is 9.59 Å². The number of hydrogen-bond donors (Lipinski definition) is 0. The van der Waals surface area contributed by atoms with E-state index in [-0.39, 0.29) is 41.4 Å². The van der Waals surface area contributed by atoms with Gasteiger partial charge in [0.2, 0.25) is 5.91 Å². The van der Waals surface area contributed by atoms with E-state index in [1.54, 1.807) is 23.6 Å². The number of amides is 1. The molecule has 0 unspecified atom stereocenters. The Morgan fingerprint density at radius 2 is 1.74 bits per heavy atom. The number of thiazole rings is 1. The van der Waals surface area contributed by atoms with Crippen LogP contribution in [0.3, 0.4) is 0 Å². The Morgan fingerprint density at radius 3 is 2.37 bits per heavy atom. The van der Waals surface area contributed by atoms with E-state index in [0.717, 1.165) is 12.1 Å². The molecule has 0 saturated heterocycles. The third-order valence-corrected chi connectivity index (χ3v) is 7.84. The third kappa shape index (κ3) is 6.45. The maximum atomic E-state index is 13.1. The third-order valence-electron chi connectivity index (χ3n) is 4.98. The molecule has 188 valence electrons. The monoisotopic (exact) mass is 524 g/mol. The Hall–Kier alpha value is -3.25. The van der Waals surface area contributed by atoms with Gasteiger partial charge in [-0.2, -0.15) is 4.99 Å². The van der Waals surface area contributed by atoms with Crippen molar-refractivity contribution in [3.63, 3.8) is 0 Å². The van der Waals surface area contributed by atoms with E-state index in [1.807, 2.05) is 0 Å². The van der Waals surface area contributed by atoms with Crippen LogP contribution in [0, 0.1) is 5.82 Å². The summed E-state index contributed by atoms with van der Waals surface area (Å²) in [6.45, 7) is 1.72. The second-order valence-electron chi connectivity index (χ2n) is 7.33. The minimum Gasteiger partial charge on any atom is -0.493 e. The van der Waals surface area contributed by atoms with Crippen LogP contribution in [0.1, 0.15) is 19.8 Å². The minimum absolute atomic E-state index is 0.0111. The number of ether oxygens (including phenoxy) is 3. The number of aromatic nitrogens is 1. The summed E-state index contributed by atoms with van der Waals surface area (Å²) in [5, 5.41) is 0. The quantitative estimate of drug-likeness (QED) is 0.296. The summed E-state index contributed by atoms with van der Waals surface area (Å²) in [6.07, 6.45) is -0.0901. The Morgan fingerprint density at radius 1 is 1.09 bits per heavy atom. The largest absolute Gasteiger partial charge is 0.493 e. The zero-order valence-corrected chi connectivity index (χ0v) is 21.1. The molecule has 3 aromatic rings. The summed E-state index contributed by atoms with van der Waals surface area (Å²) >= 11 is 1.18. The fraction of sp³-hybridized carbons (Fsp3) is 0.348. The van der Waals surface area contributed by atoms with Crippen LogP contribution in [0.4, 0.5) is 4.39 Å². The highest BCUT2D eigenvalue weighted by atomic mass is 32.2. The average molecular weight is 525 g/mol. The summed E-state index contributed by atoms with van der Waals surface area (Å²) in [6, 6.07) is 7.92. The molecule has 2 aromatic carbocycles. The van der Waals surface area contributed by atoms with Crippen LogP contribution in [0.2, 0.25) is 0 Å². The average Bonchev–Trinajstić information content (AvgIpc) is 3.13. The molecule has 3 rings (SSSR count). The molecule has 0 aliphatic rings. The molecule has 9 nitrogen and oxygen atoms in total. The summed E-state index contributed by atoms with van der Waals surface area (Å²) in [5.41, 5.74) is 0.603. The van der Waals surface area contributed by atoms with Crippen molar-refractivity contribution in [1.29, 1.82) is 0 Å². The van der Waals surface area contributed by atoms with Gasteiger partial charge in [0.25, 0.3) is 0 Å². The Kier molecular flexibility index (Phi) is 8.62. The van der Waals surface area contributed by atoms with Gasteiger partial charge >= 0.3 is 5.97 Å². The summed E-state index contributed by atoms with van der Waals surface area (Å²) in [5.74, 6) is -0.937. The molecule has 0 radical (unpaired) electrons. The predicted octanol–water partition coefficient (Wildman–Crippen LogP) is 3.10. The van der Waals surface area contributed by atoms with Crippen molar-refractivity contribution in [3.05, 3.63) is 47.0 Å². The van der Waals surface area contributed by atoms with E-state index in [0.29, 0.717) is 21.7 Å². The standard InChI is InChI=1S/C23H25FN2O7S2/c1-4-33-22(28)14-26-17-12-18(31-2)19(32-3)13-20(17)34-23(26)25-21(27)6-5-11-35(29,30)16-9-7-15(24)8-10-16/h7-10,12-13H,4-6,11,14H2,1-3H3. The second-order valence-corrected chi connectivity index (χ2v) is 10.5. The first-order chi connectivity index (χ1) is 16.7. The first-order valence-corrected chi connectivity index (χ1v) is 13.1. The molecule has 35 heavy (non-hydrogen) atoms. The first-order valence-electron chi connectivity index (χ1n) is 10.7. The highest BCUT2D eigenvalue weighted by Gasteiger charge is 2.17. The molecule has 12 heteroatoms. The summed E-state index contributed by atoms with van der Waals surface area (Å²) in [7, 11) is -0.679. The molecule has 0 atom stereocenters. The van der Waals surface area contributed by atoms with Crippen molar-refractivity contribution >= 4 is 43.3 Å². The van der Waals surface area contributed by atoms with Crippen molar-refractivity contribution in [2.24, 2.45) is 4.99 Å². The van der Waals surface area contributed by atoms with Gasteiger partial charge in [-0.1, -0.05) is 11.3 Å². The summed E-state index contributed by atoms with van der Waals surface area (Å²) < 4.78 is 55.9. The lowest BCUT2D eigenvalue weighted by Crippen LogP contribution is -2.23. The summed E-state index contributed by atoms with van der Waals surface area (Å²) in [4.78, 5) is 29.2. The van der Waals surface area contributed by atoms with E-state index in [9.17, 15) is 22.4 Å². The van der Waals surface area contributed by atoms with Crippen LogP contribution in [0.15, 0.2) is 46.3 Å². The van der Waals surface area contributed by atoms with Crippen molar-refractivity contribution in [2.45, 2.75) is 31.2 Å². The lowest BCUT2D eigenvalue weighted by atomic mass is 10.3. The Bertz CT molecular complexity index is 1390. The molecule has 0 saturated carbocycles. The van der Waals surface area contributed by atoms with Crippen LogP contribution in [0.25, 0.3) is 10.2 Å². The number of halogens is 1. The number of methoxy groups -OCH3 is 2. The van der Waals surface area contributed by atoms with Gasteiger partial charge < -0.3 is 18.8 Å². The normalized spacial score (nSPS) is 12.1. The molecule has 1 amide bonds. The minimum atomic E-state index is -3.66. The van der Waals surface area contributed by atoms with E-state index in [1.165, 1.54) is 37.7 Å². The Balaban J connectivity index is 1.86. The van der Waals surface area contributed by atoms with E-state index in [4.69, 9.17) is 14.2 Å². The number of fused-ring (bicyclic) bond motifs is 1. The molecule has 0 aliphatic carbocycles. The number of hydrogen-bond acceptors (Lipinski definition) is 8. The number of carbonyl (C=O) groups excluding carboxylic acids is 2.